The lowest BCUT2D eigenvalue weighted by Crippen LogP contribution is -2.33. The molecule has 1 saturated heterocycles. The lowest BCUT2D eigenvalue weighted by molar-refractivity contribution is -0.112. The molecular formula is C8H14NO. The Labute approximate surface area is 62.2 Å². The molecule has 2 heteroatoms. The molecule has 0 aliphatic carbocycles. The molecule has 1 aliphatic rings. The van der Waals surface area contributed by atoms with E-state index in [2.05, 4.69) is 11.8 Å². The first-order chi connectivity index (χ1) is 4.88. The third-order valence-electron chi connectivity index (χ3n) is 2.06. The van der Waals surface area contributed by atoms with E-state index in [1.165, 1.54) is 12.8 Å². The summed E-state index contributed by atoms with van der Waals surface area (Å²) < 4.78 is 0. The number of likely N-dealkylation sites (tertiary alicyclic amines) is 1. The van der Waals surface area contributed by atoms with Crippen molar-refractivity contribution in [2.45, 2.75) is 25.3 Å². The van der Waals surface area contributed by atoms with Crippen LogP contribution in [0.3, 0.4) is 0 Å². The molecule has 1 fully saturated rings. The Kier molecular flexibility index (Phi) is 2.87. The number of hydrogen-bond donors (Lipinski definition) is 0. The van der Waals surface area contributed by atoms with Gasteiger partial charge in [0.15, 0.2) is 0 Å². The minimum absolute atomic E-state index is 0.0856. The molecular weight excluding hydrogens is 126 g/mol. The smallest absolute Gasteiger partial charge is 0.137 e. The Balaban J connectivity index is 2.36. The predicted molar refractivity (Wildman–Crippen MR) is 40.6 cm³/mol. The molecule has 1 heterocycles. The zero-order valence-corrected chi connectivity index (χ0v) is 6.25. The Morgan fingerprint density at radius 3 is 2.50 bits per heavy atom. The molecule has 0 saturated carbocycles. The summed E-state index contributed by atoms with van der Waals surface area (Å²) in [5.41, 5.74) is 0. The van der Waals surface area contributed by atoms with Gasteiger partial charge in [-0.15, -0.1) is 0 Å². The van der Waals surface area contributed by atoms with E-state index < -0.39 is 0 Å². The second-order valence-electron chi connectivity index (χ2n) is 2.74. The largest absolute Gasteiger partial charge is 0.302 e. The van der Waals surface area contributed by atoms with Gasteiger partial charge in [0.2, 0.25) is 0 Å². The summed E-state index contributed by atoms with van der Waals surface area (Å²) in [6.07, 6.45) is 4.20. The first-order valence-corrected chi connectivity index (χ1v) is 3.87. The van der Waals surface area contributed by atoms with Crippen LogP contribution in [0.5, 0.6) is 0 Å². The highest BCUT2D eigenvalue weighted by Crippen LogP contribution is 2.11. The van der Waals surface area contributed by atoms with Gasteiger partial charge in [0.05, 0.1) is 6.04 Å². The van der Waals surface area contributed by atoms with Crippen LogP contribution < -0.4 is 0 Å². The van der Waals surface area contributed by atoms with E-state index in [-0.39, 0.29) is 6.04 Å². The zero-order valence-electron chi connectivity index (χ0n) is 6.25. The van der Waals surface area contributed by atoms with E-state index in [9.17, 15) is 4.79 Å². The third-order valence-corrected chi connectivity index (χ3v) is 2.06. The van der Waals surface area contributed by atoms with Gasteiger partial charge in [-0.25, -0.2) is 0 Å². The van der Waals surface area contributed by atoms with E-state index in [1.807, 2.05) is 0 Å². The summed E-state index contributed by atoms with van der Waals surface area (Å²) >= 11 is 0. The van der Waals surface area contributed by atoms with Gasteiger partial charge in [0, 0.05) is 0 Å². The van der Waals surface area contributed by atoms with Crippen molar-refractivity contribution in [2.75, 3.05) is 13.1 Å². The summed E-state index contributed by atoms with van der Waals surface area (Å²) in [6.45, 7) is 5.89. The van der Waals surface area contributed by atoms with Crippen molar-refractivity contribution in [2.24, 2.45) is 0 Å². The maximum Gasteiger partial charge on any atom is 0.137 e. The van der Waals surface area contributed by atoms with E-state index in [4.69, 9.17) is 0 Å². The number of carbonyl (C=O) groups is 1. The molecule has 0 spiro atoms. The highest BCUT2D eigenvalue weighted by molar-refractivity contribution is 5.57. The minimum Gasteiger partial charge on any atom is -0.302 e. The van der Waals surface area contributed by atoms with Crippen LogP contribution in [0.1, 0.15) is 19.3 Å². The molecule has 10 heavy (non-hydrogen) atoms. The summed E-state index contributed by atoms with van der Waals surface area (Å²) in [7, 11) is 0. The number of hydrogen-bond acceptors (Lipinski definition) is 2. The third kappa shape index (κ3) is 1.57. The Morgan fingerprint density at radius 2 is 2.10 bits per heavy atom. The molecule has 0 amide bonds. The fourth-order valence-corrected chi connectivity index (χ4v) is 1.41. The summed E-state index contributed by atoms with van der Waals surface area (Å²) in [5, 5.41) is 0. The topological polar surface area (TPSA) is 20.3 Å². The quantitative estimate of drug-likeness (QED) is 0.542. The van der Waals surface area contributed by atoms with Crippen LogP contribution in [0.4, 0.5) is 0 Å². The highest BCUT2D eigenvalue weighted by atomic mass is 16.1. The van der Waals surface area contributed by atoms with Crippen LogP contribution in [0.2, 0.25) is 0 Å². The first-order valence-electron chi connectivity index (χ1n) is 3.87. The van der Waals surface area contributed by atoms with E-state index in [0.717, 1.165) is 19.4 Å². The van der Waals surface area contributed by atoms with Crippen LogP contribution in [0.25, 0.3) is 0 Å². The van der Waals surface area contributed by atoms with Crippen LogP contribution in [-0.4, -0.2) is 30.3 Å². The van der Waals surface area contributed by atoms with Crippen molar-refractivity contribution < 1.29 is 4.79 Å². The second-order valence-corrected chi connectivity index (χ2v) is 2.74. The Hall–Kier alpha value is -0.370. The molecule has 0 N–H and O–H groups in total. The van der Waals surface area contributed by atoms with Gasteiger partial charge in [0.25, 0.3) is 0 Å². The standard InChI is InChI=1S/C8H14NO/c1-2-8(7-10)9-5-3-4-6-9/h7-8H,1-6H2. The molecule has 1 atom stereocenters. The van der Waals surface area contributed by atoms with E-state index >= 15 is 0 Å². The average Bonchev–Trinajstić information content (AvgIpc) is 2.43. The van der Waals surface area contributed by atoms with Crippen LogP contribution in [-0.2, 0) is 4.79 Å². The van der Waals surface area contributed by atoms with E-state index in [0.29, 0.717) is 6.42 Å². The fraction of sp³-hybridized carbons (Fsp3) is 0.750. The monoisotopic (exact) mass is 140 g/mol. The van der Waals surface area contributed by atoms with Crippen molar-refractivity contribution in [3.63, 3.8) is 0 Å². The van der Waals surface area contributed by atoms with Gasteiger partial charge >= 0.3 is 0 Å². The molecule has 1 radical (unpaired) electrons. The van der Waals surface area contributed by atoms with Crippen molar-refractivity contribution in [3.8, 4) is 0 Å². The molecule has 0 aromatic rings. The Morgan fingerprint density at radius 1 is 1.50 bits per heavy atom. The van der Waals surface area contributed by atoms with Crippen LogP contribution in [0.15, 0.2) is 0 Å². The fourth-order valence-electron chi connectivity index (χ4n) is 1.41. The number of carbonyl (C=O) groups excluding carboxylic acids is 1. The molecule has 1 unspecified atom stereocenters. The van der Waals surface area contributed by atoms with Gasteiger partial charge in [0.1, 0.15) is 6.29 Å². The number of nitrogens with zero attached hydrogens (tertiary/aromatic N) is 1. The summed E-state index contributed by atoms with van der Waals surface area (Å²) in [6, 6.07) is 0.0856. The van der Waals surface area contributed by atoms with Crippen molar-refractivity contribution >= 4 is 6.29 Å². The van der Waals surface area contributed by atoms with Crippen molar-refractivity contribution in [3.05, 3.63) is 6.92 Å². The SMILES string of the molecule is [CH2]CC(C=O)N1CCCC1. The highest BCUT2D eigenvalue weighted by Gasteiger charge is 2.18. The molecule has 2 nitrogen and oxygen atoms in total. The van der Waals surface area contributed by atoms with Gasteiger partial charge in [-0.2, -0.15) is 0 Å². The minimum atomic E-state index is 0.0856. The lowest BCUT2D eigenvalue weighted by Gasteiger charge is -2.20. The van der Waals surface area contributed by atoms with Crippen molar-refractivity contribution in [1.29, 1.82) is 0 Å². The van der Waals surface area contributed by atoms with Gasteiger partial charge in [-0.3, -0.25) is 4.90 Å². The molecule has 1 aliphatic heterocycles. The maximum absolute atomic E-state index is 10.4. The lowest BCUT2D eigenvalue weighted by atomic mass is 10.2. The number of aldehydes is 1. The summed E-state index contributed by atoms with van der Waals surface area (Å²) in [4.78, 5) is 12.6. The predicted octanol–water partition coefficient (Wildman–Crippen LogP) is 0.874. The molecule has 0 aromatic heterocycles. The molecule has 0 bridgehead atoms. The second kappa shape index (κ2) is 3.71. The normalized spacial score (nSPS) is 22.9. The number of rotatable bonds is 3. The van der Waals surface area contributed by atoms with Gasteiger partial charge in [-0.05, 0) is 32.4 Å². The zero-order chi connectivity index (χ0) is 7.40. The van der Waals surface area contributed by atoms with Gasteiger partial charge in [-0.1, -0.05) is 6.92 Å². The van der Waals surface area contributed by atoms with Crippen LogP contribution in [0, 0.1) is 6.92 Å². The summed E-state index contributed by atoms with van der Waals surface area (Å²) in [5.74, 6) is 0. The molecule has 57 valence electrons. The average molecular weight is 140 g/mol. The molecule has 1 rings (SSSR count). The van der Waals surface area contributed by atoms with Gasteiger partial charge < -0.3 is 4.79 Å². The van der Waals surface area contributed by atoms with Crippen molar-refractivity contribution in [1.82, 2.24) is 4.90 Å². The molecule has 0 aromatic carbocycles. The van der Waals surface area contributed by atoms with E-state index in [1.54, 1.807) is 0 Å². The van der Waals surface area contributed by atoms with Crippen LogP contribution >= 0.6 is 0 Å². The Bertz CT molecular complexity index is 108. The first kappa shape index (κ1) is 7.73. The maximum atomic E-state index is 10.4.